The number of aromatic nitrogens is 2. The Kier molecular flexibility index (Phi) is 6.22. The summed E-state index contributed by atoms with van der Waals surface area (Å²) in [6, 6.07) is 14.4. The minimum atomic E-state index is -3.51. The summed E-state index contributed by atoms with van der Waals surface area (Å²) in [5.74, 6) is 0.603. The maximum Gasteiger partial charge on any atom is 0.258 e. The van der Waals surface area contributed by atoms with Gasteiger partial charge in [-0.2, -0.15) is 4.31 Å². The van der Waals surface area contributed by atoms with E-state index >= 15 is 0 Å². The molecule has 1 aliphatic heterocycles. The van der Waals surface area contributed by atoms with Crippen LogP contribution < -0.4 is 5.56 Å². The number of piperazine rings is 1. The van der Waals surface area contributed by atoms with Crippen molar-refractivity contribution in [2.45, 2.75) is 37.6 Å². The van der Waals surface area contributed by atoms with E-state index in [4.69, 9.17) is 0 Å². The Hall–Kier alpha value is -2.55. The number of aromatic amines is 1. The number of sulfonamides is 1. The third kappa shape index (κ3) is 4.42. The zero-order chi connectivity index (χ0) is 22.0. The summed E-state index contributed by atoms with van der Waals surface area (Å²) in [5.41, 5.74) is 1.66. The topological polar surface area (TPSA) is 86.4 Å². The molecular formula is C23H28N4O3S. The van der Waals surface area contributed by atoms with Gasteiger partial charge < -0.3 is 4.98 Å². The van der Waals surface area contributed by atoms with Gasteiger partial charge in [0.15, 0.2) is 0 Å². The van der Waals surface area contributed by atoms with Crippen LogP contribution in [0.1, 0.15) is 37.7 Å². The highest BCUT2D eigenvalue weighted by Gasteiger charge is 2.31. The first-order valence-electron chi connectivity index (χ1n) is 10.7. The molecule has 0 amide bonds. The van der Waals surface area contributed by atoms with Crippen LogP contribution in [0.3, 0.4) is 0 Å². The number of fused-ring (bicyclic) bond motifs is 1. The Morgan fingerprint density at radius 3 is 2.39 bits per heavy atom. The van der Waals surface area contributed by atoms with Gasteiger partial charge in [0.25, 0.3) is 5.56 Å². The fourth-order valence-electron chi connectivity index (χ4n) is 4.07. The van der Waals surface area contributed by atoms with E-state index in [0.717, 1.165) is 18.4 Å². The summed E-state index contributed by atoms with van der Waals surface area (Å²) >= 11 is 0. The number of hydrogen-bond donors (Lipinski definition) is 1. The maximum atomic E-state index is 13.0. The lowest BCUT2D eigenvalue weighted by Crippen LogP contribution is -2.49. The molecule has 3 aromatic rings. The highest BCUT2D eigenvalue weighted by Crippen LogP contribution is 2.23. The number of rotatable bonds is 6. The molecule has 1 atom stereocenters. The first-order valence-corrected chi connectivity index (χ1v) is 12.2. The van der Waals surface area contributed by atoms with Crippen LogP contribution in [-0.4, -0.2) is 53.8 Å². The van der Waals surface area contributed by atoms with E-state index in [9.17, 15) is 13.2 Å². The molecule has 1 N–H and O–H groups in total. The van der Waals surface area contributed by atoms with Crippen molar-refractivity contribution in [2.24, 2.45) is 0 Å². The molecule has 2 aromatic carbocycles. The van der Waals surface area contributed by atoms with Crippen LogP contribution in [0.4, 0.5) is 0 Å². The smallest absolute Gasteiger partial charge is 0.258 e. The zero-order valence-electron chi connectivity index (χ0n) is 17.9. The Balaban J connectivity index is 1.46. The molecule has 1 aliphatic rings. The molecule has 1 saturated heterocycles. The number of aryl methyl sites for hydroxylation is 1. The number of benzene rings is 2. The average molecular weight is 441 g/mol. The van der Waals surface area contributed by atoms with E-state index in [1.165, 1.54) is 0 Å². The number of nitrogens with one attached hydrogen (secondary N) is 1. The molecule has 1 fully saturated rings. The van der Waals surface area contributed by atoms with E-state index < -0.39 is 10.0 Å². The summed E-state index contributed by atoms with van der Waals surface area (Å²) in [6.45, 7) is 6.05. The largest absolute Gasteiger partial charge is 0.309 e. The molecule has 4 rings (SSSR count). The van der Waals surface area contributed by atoms with Crippen molar-refractivity contribution in [3.8, 4) is 0 Å². The van der Waals surface area contributed by atoms with Crippen molar-refractivity contribution in [2.75, 3.05) is 26.2 Å². The molecule has 8 heteroatoms. The van der Waals surface area contributed by atoms with Crippen LogP contribution in [0.2, 0.25) is 0 Å². The summed E-state index contributed by atoms with van der Waals surface area (Å²) in [5, 5.41) is 0.569. The van der Waals surface area contributed by atoms with E-state index in [2.05, 4.69) is 21.8 Å². The molecular weight excluding hydrogens is 412 g/mol. The van der Waals surface area contributed by atoms with Crippen molar-refractivity contribution >= 4 is 20.9 Å². The Bertz CT molecular complexity index is 1210. The van der Waals surface area contributed by atoms with Gasteiger partial charge in [0, 0.05) is 26.2 Å². The monoisotopic (exact) mass is 440 g/mol. The van der Waals surface area contributed by atoms with Gasteiger partial charge >= 0.3 is 0 Å². The second-order valence-corrected chi connectivity index (χ2v) is 9.92. The standard InChI is InChI=1S/C23H28N4O3S/c1-3-6-18-9-11-19(12-10-18)31(29,30)27-15-13-26(14-16-27)17(2)22-24-21-8-5-4-7-20(21)23(28)25-22/h4-5,7-12,17H,3,6,13-16H2,1-2H3,(H,24,25,28)/t17-/m1/s1. The number of H-pyrrole nitrogens is 1. The first kappa shape index (κ1) is 21.7. The van der Waals surface area contributed by atoms with Gasteiger partial charge in [0.05, 0.1) is 21.8 Å². The number of hydrogen-bond acceptors (Lipinski definition) is 5. The predicted molar refractivity (Wildman–Crippen MR) is 122 cm³/mol. The molecule has 164 valence electrons. The number of nitrogens with zero attached hydrogens (tertiary/aromatic N) is 3. The summed E-state index contributed by atoms with van der Waals surface area (Å²) in [6.07, 6.45) is 1.98. The molecule has 31 heavy (non-hydrogen) atoms. The minimum Gasteiger partial charge on any atom is -0.309 e. The molecule has 0 radical (unpaired) electrons. The number of para-hydroxylation sites is 1. The van der Waals surface area contributed by atoms with Crippen molar-refractivity contribution in [1.82, 2.24) is 19.2 Å². The fourth-order valence-corrected chi connectivity index (χ4v) is 5.49. The minimum absolute atomic E-state index is 0.115. The third-order valence-corrected chi connectivity index (χ3v) is 7.86. The lowest BCUT2D eigenvalue weighted by Gasteiger charge is -2.37. The first-order chi connectivity index (χ1) is 14.9. The van der Waals surface area contributed by atoms with Gasteiger partial charge in [-0.05, 0) is 43.2 Å². The lowest BCUT2D eigenvalue weighted by molar-refractivity contribution is 0.141. The molecule has 2 heterocycles. The second kappa shape index (κ2) is 8.90. The van der Waals surface area contributed by atoms with Crippen LogP contribution in [0.5, 0.6) is 0 Å². The van der Waals surface area contributed by atoms with Gasteiger partial charge in [-0.3, -0.25) is 9.69 Å². The Morgan fingerprint density at radius 1 is 1.03 bits per heavy atom. The van der Waals surface area contributed by atoms with Gasteiger partial charge in [0.1, 0.15) is 5.82 Å². The molecule has 0 unspecified atom stereocenters. The van der Waals surface area contributed by atoms with Crippen LogP contribution in [0.15, 0.2) is 58.2 Å². The van der Waals surface area contributed by atoms with Gasteiger partial charge in [0.2, 0.25) is 10.0 Å². The van der Waals surface area contributed by atoms with Crippen LogP contribution >= 0.6 is 0 Å². The van der Waals surface area contributed by atoms with Crippen molar-refractivity contribution in [3.63, 3.8) is 0 Å². The van der Waals surface area contributed by atoms with E-state index in [0.29, 0.717) is 47.8 Å². The molecule has 7 nitrogen and oxygen atoms in total. The molecule has 1 aromatic heterocycles. The molecule has 0 saturated carbocycles. The SMILES string of the molecule is CCCc1ccc(S(=O)(=O)N2CCN([C@H](C)c3nc4ccccc4c(=O)[nH]3)CC2)cc1. The lowest BCUT2D eigenvalue weighted by atomic mass is 10.1. The van der Waals surface area contributed by atoms with Crippen molar-refractivity contribution in [3.05, 3.63) is 70.3 Å². The normalized spacial score (nSPS) is 17.1. The Morgan fingerprint density at radius 2 is 1.71 bits per heavy atom. The summed E-state index contributed by atoms with van der Waals surface area (Å²) in [7, 11) is -3.51. The zero-order valence-corrected chi connectivity index (χ0v) is 18.7. The average Bonchev–Trinajstić information content (AvgIpc) is 2.79. The van der Waals surface area contributed by atoms with Gasteiger partial charge in [-0.25, -0.2) is 13.4 Å². The van der Waals surface area contributed by atoms with Crippen LogP contribution in [0, 0.1) is 0 Å². The van der Waals surface area contributed by atoms with Crippen LogP contribution in [-0.2, 0) is 16.4 Å². The maximum absolute atomic E-state index is 13.0. The van der Waals surface area contributed by atoms with Gasteiger partial charge in [-0.15, -0.1) is 0 Å². The van der Waals surface area contributed by atoms with Crippen molar-refractivity contribution in [1.29, 1.82) is 0 Å². The summed E-state index contributed by atoms with van der Waals surface area (Å²) < 4.78 is 27.6. The highest BCUT2D eigenvalue weighted by atomic mass is 32.2. The van der Waals surface area contributed by atoms with Crippen molar-refractivity contribution < 1.29 is 8.42 Å². The third-order valence-electron chi connectivity index (χ3n) is 5.95. The molecule has 0 aliphatic carbocycles. The quantitative estimate of drug-likeness (QED) is 0.637. The van der Waals surface area contributed by atoms with Gasteiger partial charge in [-0.1, -0.05) is 37.6 Å². The van der Waals surface area contributed by atoms with E-state index in [-0.39, 0.29) is 11.6 Å². The Labute approximate surface area is 182 Å². The molecule has 0 spiro atoms. The highest BCUT2D eigenvalue weighted by molar-refractivity contribution is 7.89. The van der Waals surface area contributed by atoms with E-state index in [1.54, 1.807) is 22.5 Å². The van der Waals surface area contributed by atoms with E-state index in [1.807, 2.05) is 37.3 Å². The second-order valence-electron chi connectivity index (χ2n) is 7.98. The predicted octanol–water partition coefficient (Wildman–Crippen LogP) is 2.94. The molecule has 0 bridgehead atoms. The summed E-state index contributed by atoms with van der Waals surface area (Å²) in [4.78, 5) is 22.4. The fraction of sp³-hybridized carbons (Fsp3) is 0.391. The van der Waals surface area contributed by atoms with Crippen LogP contribution in [0.25, 0.3) is 10.9 Å².